The highest BCUT2D eigenvalue weighted by Gasteiger charge is 2.43. The molecule has 3 aromatic rings. The van der Waals surface area contributed by atoms with E-state index in [4.69, 9.17) is 4.98 Å². The first-order valence-corrected chi connectivity index (χ1v) is 10.6. The van der Waals surface area contributed by atoms with Crippen LogP contribution in [0.3, 0.4) is 0 Å². The summed E-state index contributed by atoms with van der Waals surface area (Å²) in [6, 6.07) is 7.20. The van der Waals surface area contributed by atoms with Crippen molar-refractivity contribution in [1.82, 2.24) is 14.5 Å². The minimum Gasteiger partial charge on any atom is -0.508 e. The fourth-order valence-electron chi connectivity index (χ4n) is 4.97. The summed E-state index contributed by atoms with van der Waals surface area (Å²) in [6.07, 6.45) is 0.753. The molecule has 1 aromatic carbocycles. The second-order valence-corrected chi connectivity index (χ2v) is 8.81. The standard InChI is InChI=1S/C24H25N3O4.CH4/c1-4-24(31)17-10-19-22-13(11-27(19)23(30)14(17)5-8-21(24)29)9-15-16(12-26(2)3)20(28)7-6-18(15)25-22;/h6-7,9-10,28,31H,4-5,8,11-12H2,1-3H3;1H4/t24-;/m0./s1. The average Bonchev–Trinajstić information content (AvgIpc) is 3.10. The SMILES string of the molecule is C.CC[C@@]1(O)C(=O)CCc2c1cc1n(c2=O)Cc2cc3c(CN(C)C)c(O)ccc3nc2-1. The summed E-state index contributed by atoms with van der Waals surface area (Å²) < 4.78 is 1.69. The summed E-state index contributed by atoms with van der Waals surface area (Å²) >= 11 is 0. The van der Waals surface area contributed by atoms with Gasteiger partial charge in [-0.1, -0.05) is 14.4 Å². The first-order chi connectivity index (χ1) is 14.7. The van der Waals surface area contributed by atoms with E-state index in [9.17, 15) is 19.8 Å². The molecule has 5 rings (SSSR count). The van der Waals surface area contributed by atoms with E-state index in [2.05, 4.69) is 0 Å². The number of nitrogens with zero attached hydrogens (tertiary/aromatic N) is 3. The molecule has 0 bridgehead atoms. The Bertz CT molecular complexity index is 1330. The van der Waals surface area contributed by atoms with Crippen LogP contribution in [0, 0.1) is 0 Å². The quantitative estimate of drug-likeness (QED) is 0.514. The number of fused-ring (bicyclic) bond motifs is 5. The molecular weight excluding hydrogens is 406 g/mol. The normalized spacial score (nSPS) is 19.0. The van der Waals surface area contributed by atoms with Gasteiger partial charge in [0.1, 0.15) is 11.4 Å². The van der Waals surface area contributed by atoms with Gasteiger partial charge in [-0.05, 0) is 51.2 Å². The molecule has 7 nitrogen and oxygen atoms in total. The van der Waals surface area contributed by atoms with Crippen LogP contribution in [0.2, 0.25) is 0 Å². The second-order valence-electron chi connectivity index (χ2n) is 8.81. The number of hydrogen-bond donors (Lipinski definition) is 2. The van der Waals surface area contributed by atoms with Gasteiger partial charge in [-0.2, -0.15) is 0 Å². The van der Waals surface area contributed by atoms with Gasteiger partial charge in [-0.25, -0.2) is 4.98 Å². The Labute approximate surface area is 186 Å². The molecule has 0 amide bonds. The number of ketones is 1. The Morgan fingerprint density at radius 1 is 1.19 bits per heavy atom. The number of rotatable bonds is 3. The first-order valence-electron chi connectivity index (χ1n) is 10.6. The van der Waals surface area contributed by atoms with Crippen molar-refractivity contribution in [3.8, 4) is 17.1 Å². The molecule has 0 unspecified atom stereocenters. The van der Waals surface area contributed by atoms with Crippen molar-refractivity contribution in [3.05, 3.63) is 56.9 Å². The number of aromatic hydroxyl groups is 1. The monoisotopic (exact) mass is 435 g/mol. The van der Waals surface area contributed by atoms with E-state index in [1.807, 2.05) is 25.1 Å². The maximum atomic E-state index is 13.3. The van der Waals surface area contributed by atoms with Gasteiger partial charge < -0.3 is 19.7 Å². The van der Waals surface area contributed by atoms with Crippen LogP contribution < -0.4 is 5.56 Å². The summed E-state index contributed by atoms with van der Waals surface area (Å²) in [7, 11) is 3.88. The van der Waals surface area contributed by atoms with E-state index in [1.54, 1.807) is 29.7 Å². The highest BCUT2D eigenvalue weighted by atomic mass is 16.3. The third-order valence-corrected chi connectivity index (χ3v) is 6.63. The zero-order valence-corrected chi connectivity index (χ0v) is 17.9. The summed E-state index contributed by atoms with van der Waals surface area (Å²) in [5.74, 6) is -0.0158. The molecule has 168 valence electrons. The van der Waals surface area contributed by atoms with Gasteiger partial charge in [0.25, 0.3) is 5.56 Å². The van der Waals surface area contributed by atoms with Gasteiger partial charge >= 0.3 is 0 Å². The topological polar surface area (TPSA) is 95.7 Å². The summed E-state index contributed by atoms with van der Waals surface area (Å²) in [5, 5.41) is 22.3. The Balaban J connectivity index is 0.00000245. The molecule has 7 heteroatoms. The maximum Gasteiger partial charge on any atom is 0.254 e. The summed E-state index contributed by atoms with van der Waals surface area (Å²) in [4.78, 5) is 32.6. The second kappa shape index (κ2) is 7.53. The predicted octanol–water partition coefficient (Wildman–Crippen LogP) is 2.94. The van der Waals surface area contributed by atoms with Gasteiger partial charge in [-0.3, -0.25) is 9.59 Å². The summed E-state index contributed by atoms with van der Waals surface area (Å²) in [5.41, 5.74) is 2.91. The number of phenolic OH excluding ortho intramolecular Hbond substituents is 1. The van der Waals surface area contributed by atoms with Gasteiger partial charge in [0.15, 0.2) is 5.78 Å². The number of benzene rings is 1. The molecule has 0 fully saturated rings. The van der Waals surface area contributed by atoms with Crippen LogP contribution in [0.25, 0.3) is 22.3 Å². The van der Waals surface area contributed by atoms with E-state index in [-0.39, 0.29) is 37.4 Å². The molecule has 0 saturated heterocycles. The molecule has 1 aliphatic heterocycles. The molecule has 1 aliphatic carbocycles. The number of carbonyl (C=O) groups excluding carboxylic acids is 1. The van der Waals surface area contributed by atoms with Crippen LogP contribution in [-0.2, 0) is 29.9 Å². The van der Waals surface area contributed by atoms with Crippen LogP contribution in [0.1, 0.15) is 49.4 Å². The van der Waals surface area contributed by atoms with Crippen molar-refractivity contribution >= 4 is 16.7 Å². The minimum atomic E-state index is -1.62. The van der Waals surface area contributed by atoms with Gasteiger partial charge in [-0.15, -0.1) is 0 Å². The highest BCUT2D eigenvalue weighted by molar-refractivity contribution is 5.92. The average molecular weight is 436 g/mol. The number of phenols is 1. The third-order valence-electron chi connectivity index (χ3n) is 6.63. The van der Waals surface area contributed by atoms with E-state index in [0.717, 1.165) is 22.0 Å². The molecule has 1 atom stereocenters. The van der Waals surface area contributed by atoms with Gasteiger partial charge in [0.2, 0.25) is 0 Å². The lowest BCUT2D eigenvalue weighted by Crippen LogP contribution is -2.43. The number of aromatic nitrogens is 2. The molecule has 2 aliphatic rings. The van der Waals surface area contributed by atoms with Gasteiger partial charge in [0.05, 0.1) is 23.4 Å². The fourth-order valence-corrected chi connectivity index (χ4v) is 4.97. The number of aliphatic hydroxyl groups is 1. The van der Waals surface area contributed by atoms with E-state index in [0.29, 0.717) is 42.0 Å². The lowest BCUT2D eigenvalue weighted by Gasteiger charge is -2.32. The maximum absolute atomic E-state index is 13.3. The van der Waals surface area contributed by atoms with Gasteiger partial charge in [0, 0.05) is 40.6 Å². The van der Waals surface area contributed by atoms with Crippen LogP contribution in [0.4, 0.5) is 0 Å². The third kappa shape index (κ3) is 2.99. The molecule has 32 heavy (non-hydrogen) atoms. The van der Waals surface area contributed by atoms with Crippen molar-refractivity contribution in [2.75, 3.05) is 14.1 Å². The molecule has 3 heterocycles. The first kappa shape index (κ1) is 22.2. The van der Waals surface area contributed by atoms with Crippen LogP contribution >= 0.6 is 0 Å². The zero-order valence-electron chi connectivity index (χ0n) is 17.9. The number of carbonyl (C=O) groups is 1. The van der Waals surface area contributed by atoms with Crippen molar-refractivity contribution in [2.45, 2.75) is 52.3 Å². The molecule has 0 spiro atoms. The van der Waals surface area contributed by atoms with Crippen molar-refractivity contribution in [1.29, 1.82) is 0 Å². The molecule has 2 aromatic heterocycles. The number of Topliss-reactive ketones (excluding diaryl/α,β-unsaturated/α-hetero) is 1. The summed E-state index contributed by atoms with van der Waals surface area (Å²) in [6.45, 7) is 2.71. The Hall–Kier alpha value is -3.03. The van der Waals surface area contributed by atoms with Crippen molar-refractivity contribution in [3.63, 3.8) is 0 Å². The van der Waals surface area contributed by atoms with Crippen molar-refractivity contribution in [2.24, 2.45) is 0 Å². The lowest BCUT2D eigenvalue weighted by molar-refractivity contribution is -0.140. The fraction of sp³-hybridized carbons (Fsp3) is 0.400. The van der Waals surface area contributed by atoms with Crippen LogP contribution in [0.15, 0.2) is 29.1 Å². The lowest BCUT2D eigenvalue weighted by atomic mass is 9.77. The Morgan fingerprint density at radius 3 is 2.62 bits per heavy atom. The molecule has 0 saturated carbocycles. The number of hydrogen-bond acceptors (Lipinski definition) is 6. The zero-order chi connectivity index (χ0) is 22.1. The van der Waals surface area contributed by atoms with Crippen LogP contribution in [-0.4, -0.2) is 44.5 Å². The minimum absolute atomic E-state index is 0. The molecular formula is C25H29N3O4. The molecule has 2 N–H and O–H groups in total. The number of pyridine rings is 2. The largest absolute Gasteiger partial charge is 0.508 e. The Morgan fingerprint density at radius 2 is 1.94 bits per heavy atom. The van der Waals surface area contributed by atoms with E-state index >= 15 is 0 Å². The van der Waals surface area contributed by atoms with Crippen LogP contribution in [0.5, 0.6) is 5.75 Å². The highest BCUT2D eigenvalue weighted by Crippen LogP contribution is 2.40. The van der Waals surface area contributed by atoms with Crippen molar-refractivity contribution < 1.29 is 15.0 Å². The smallest absolute Gasteiger partial charge is 0.254 e. The predicted molar refractivity (Wildman–Crippen MR) is 124 cm³/mol. The van der Waals surface area contributed by atoms with E-state index in [1.165, 1.54) is 0 Å². The molecule has 0 radical (unpaired) electrons. The Kier molecular flexibility index (Phi) is 5.22. The van der Waals surface area contributed by atoms with E-state index < -0.39 is 5.60 Å².